The molecule has 1 aromatic carbocycles. The predicted octanol–water partition coefficient (Wildman–Crippen LogP) is 7.68. The number of hydrogen-bond donors (Lipinski definition) is 1. The fourth-order valence-corrected chi connectivity index (χ4v) is 7.12. The highest BCUT2D eigenvalue weighted by Gasteiger charge is 2.55. The summed E-state index contributed by atoms with van der Waals surface area (Å²) in [6, 6.07) is 6.49. The molecule has 8 heteroatoms. The molecular weight excluding hydrogens is 567 g/mol. The summed E-state index contributed by atoms with van der Waals surface area (Å²) in [6.07, 6.45) is 8.81. The molecule has 2 aliphatic carbocycles. The highest BCUT2D eigenvalue weighted by Crippen LogP contribution is 2.51. The molecule has 1 radical (unpaired) electrons. The molecule has 2 aliphatic heterocycles. The number of piperidine rings is 1. The second-order valence-corrected chi connectivity index (χ2v) is 17.1. The highest BCUT2D eigenvalue weighted by atomic mass is 32.1. The normalized spacial score (nSPS) is 26.3. The van der Waals surface area contributed by atoms with E-state index in [1.807, 2.05) is 54.5 Å². The highest BCUT2D eigenvalue weighted by molar-refractivity contribution is 7.81. The molecule has 1 aromatic rings. The second-order valence-electron chi connectivity index (χ2n) is 16.0. The Kier molecular flexibility index (Phi) is 10.6. The predicted molar refractivity (Wildman–Crippen MR) is 185 cm³/mol. The van der Waals surface area contributed by atoms with Gasteiger partial charge in [-0.3, -0.25) is 4.79 Å². The van der Waals surface area contributed by atoms with E-state index in [1.165, 1.54) is 25.7 Å². The smallest absolute Gasteiger partial charge is 0.410 e. The lowest BCUT2D eigenvalue weighted by atomic mass is 9.71. The Balaban J connectivity index is 0.000000479. The number of ether oxygens (including phenoxy) is 1. The lowest BCUT2D eigenvalue weighted by Crippen LogP contribution is -2.54. The van der Waals surface area contributed by atoms with Crippen molar-refractivity contribution in [2.45, 2.75) is 148 Å². The van der Waals surface area contributed by atoms with E-state index in [9.17, 15) is 9.59 Å². The van der Waals surface area contributed by atoms with Crippen LogP contribution in [0, 0.1) is 17.8 Å². The number of hydrogen-bond acceptors (Lipinski definition) is 5. The molecule has 2 heterocycles. The van der Waals surface area contributed by atoms with Gasteiger partial charge in [0, 0.05) is 29.6 Å². The number of anilines is 1. The van der Waals surface area contributed by atoms with E-state index in [-0.39, 0.29) is 22.8 Å². The third-order valence-electron chi connectivity index (χ3n) is 11.0. The molecule has 3 fully saturated rings. The fourth-order valence-electron chi connectivity index (χ4n) is 7.07. The Bertz CT molecular complexity index is 1160. The van der Waals surface area contributed by atoms with Gasteiger partial charge in [-0.25, -0.2) is 4.79 Å². The van der Waals surface area contributed by atoms with E-state index in [0.717, 1.165) is 41.4 Å². The number of carbonyl (C=O) groups is 2. The fraction of sp³-hybridized carbons (Fsp3) is 0.778. The van der Waals surface area contributed by atoms with Crippen molar-refractivity contribution in [3.8, 4) is 0 Å². The van der Waals surface area contributed by atoms with Gasteiger partial charge in [0.2, 0.25) is 5.91 Å². The van der Waals surface area contributed by atoms with E-state index in [2.05, 4.69) is 37.8 Å². The molecule has 1 spiro atoms. The average molecular weight is 626 g/mol. The average Bonchev–Trinajstić information content (AvgIpc) is 3.11. The van der Waals surface area contributed by atoms with E-state index in [1.54, 1.807) is 12.4 Å². The molecule has 2 saturated carbocycles. The van der Waals surface area contributed by atoms with Crippen molar-refractivity contribution in [3.05, 3.63) is 23.8 Å². The first-order valence-electron chi connectivity index (χ1n) is 17.1. The van der Waals surface area contributed by atoms with Gasteiger partial charge in [0.1, 0.15) is 5.60 Å². The first-order valence-corrected chi connectivity index (χ1v) is 17.6. The lowest BCUT2D eigenvalue weighted by molar-refractivity contribution is -0.125. The zero-order valence-corrected chi connectivity index (χ0v) is 30.1. The van der Waals surface area contributed by atoms with Crippen molar-refractivity contribution in [1.82, 2.24) is 4.90 Å². The molecule has 0 N–H and O–H groups in total. The SMILES string of the molecule is CC1CC(N2C(=O)C3(CCN(C(=O)OC(C)(C)C)CC3)c3ccc([B]OC(C)(C)C(C)(C)S)cc32)C1.CCC1CCC1CC. The van der Waals surface area contributed by atoms with Crippen LogP contribution in [-0.4, -0.2) is 59.5 Å². The van der Waals surface area contributed by atoms with Crippen LogP contribution in [0.4, 0.5) is 10.5 Å². The summed E-state index contributed by atoms with van der Waals surface area (Å²) >= 11 is 4.70. The minimum atomic E-state index is -0.585. The molecule has 1 saturated heterocycles. The standard InChI is InChI=1S/C28H42BN2O4S.C8H16/c1-18-15-20(16-18)31-22-17-19(29-35-26(5,6)27(7,8)36)9-10-21(22)28(23(31)32)11-13-30(14-12-28)24(33)34-25(2,3)4;1-3-7-5-6-8(7)4-2/h9-10,17-18,20,36H,11-16H2,1-8H3;7-8H,3-6H2,1-2H3. The van der Waals surface area contributed by atoms with Crippen molar-refractivity contribution in [2.24, 2.45) is 17.8 Å². The van der Waals surface area contributed by atoms with Crippen molar-refractivity contribution < 1.29 is 19.0 Å². The molecule has 2 amide bonds. The zero-order chi connectivity index (χ0) is 32.7. The molecule has 6 nitrogen and oxygen atoms in total. The number of likely N-dealkylation sites (tertiary alicyclic amines) is 1. The van der Waals surface area contributed by atoms with E-state index in [4.69, 9.17) is 22.0 Å². The van der Waals surface area contributed by atoms with Crippen LogP contribution in [0.1, 0.15) is 126 Å². The zero-order valence-electron chi connectivity index (χ0n) is 29.2. The van der Waals surface area contributed by atoms with Crippen molar-refractivity contribution in [1.29, 1.82) is 0 Å². The number of rotatable bonds is 7. The number of carbonyl (C=O) groups excluding carboxylic acids is 2. The van der Waals surface area contributed by atoms with Crippen LogP contribution < -0.4 is 10.4 Å². The molecule has 2 atom stereocenters. The minimum Gasteiger partial charge on any atom is -0.444 e. The molecule has 0 aromatic heterocycles. The van der Waals surface area contributed by atoms with Crippen LogP contribution in [0.5, 0.6) is 0 Å². The van der Waals surface area contributed by atoms with Gasteiger partial charge in [-0.15, -0.1) is 0 Å². The van der Waals surface area contributed by atoms with Gasteiger partial charge in [0.15, 0.2) is 0 Å². The van der Waals surface area contributed by atoms with Gasteiger partial charge in [-0.1, -0.05) is 51.2 Å². The van der Waals surface area contributed by atoms with Crippen LogP contribution in [0.2, 0.25) is 0 Å². The Morgan fingerprint density at radius 3 is 2.02 bits per heavy atom. The number of nitrogens with zero attached hydrogens (tertiary/aromatic N) is 2. The number of fused-ring (bicyclic) bond motifs is 2. The molecule has 2 unspecified atom stereocenters. The van der Waals surface area contributed by atoms with Crippen LogP contribution in [0.25, 0.3) is 0 Å². The maximum Gasteiger partial charge on any atom is 0.410 e. The van der Waals surface area contributed by atoms with Crippen molar-refractivity contribution in [3.63, 3.8) is 0 Å². The molecular formula is C36H58BN2O4S. The summed E-state index contributed by atoms with van der Waals surface area (Å²) in [7, 11) is 1.79. The molecule has 245 valence electrons. The van der Waals surface area contributed by atoms with Gasteiger partial charge >= 0.3 is 13.6 Å². The summed E-state index contributed by atoms with van der Waals surface area (Å²) < 4.78 is 11.4. The molecule has 0 bridgehead atoms. The first kappa shape index (κ1) is 35.2. The van der Waals surface area contributed by atoms with Gasteiger partial charge in [-0.05, 0) is 116 Å². The first-order chi connectivity index (χ1) is 20.4. The van der Waals surface area contributed by atoms with Crippen LogP contribution in [-0.2, 0) is 19.6 Å². The third kappa shape index (κ3) is 7.32. The number of benzene rings is 1. The summed E-state index contributed by atoms with van der Waals surface area (Å²) in [5, 5.41) is 0. The van der Waals surface area contributed by atoms with Gasteiger partial charge in [0.25, 0.3) is 0 Å². The Labute approximate surface area is 274 Å². The quantitative estimate of drug-likeness (QED) is 0.250. The maximum atomic E-state index is 14.1. The minimum absolute atomic E-state index is 0.188. The Morgan fingerprint density at radius 2 is 1.57 bits per heavy atom. The van der Waals surface area contributed by atoms with Crippen LogP contribution >= 0.6 is 12.6 Å². The largest absolute Gasteiger partial charge is 0.444 e. The third-order valence-corrected chi connectivity index (χ3v) is 11.5. The molecule has 4 aliphatic rings. The van der Waals surface area contributed by atoms with Gasteiger partial charge in [0.05, 0.1) is 11.0 Å². The van der Waals surface area contributed by atoms with E-state index in [0.29, 0.717) is 31.8 Å². The summed E-state index contributed by atoms with van der Waals surface area (Å²) in [4.78, 5) is 30.6. The second kappa shape index (κ2) is 13.2. The Hall–Kier alpha value is -1.67. The van der Waals surface area contributed by atoms with Crippen molar-refractivity contribution >= 4 is 43.3 Å². The molecule has 44 heavy (non-hydrogen) atoms. The Morgan fingerprint density at radius 1 is 1.00 bits per heavy atom. The van der Waals surface area contributed by atoms with Crippen LogP contribution in [0.15, 0.2) is 18.2 Å². The number of amides is 2. The summed E-state index contributed by atoms with van der Waals surface area (Å²) in [5.74, 6) is 3.02. The number of thiol groups is 1. The summed E-state index contributed by atoms with van der Waals surface area (Å²) in [5.41, 5.74) is 1.44. The van der Waals surface area contributed by atoms with Gasteiger partial charge < -0.3 is 19.2 Å². The summed E-state index contributed by atoms with van der Waals surface area (Å²) in [6.45, 7) is 21.7. The lowest BCUT2D eigenvalue weighted by Gasteiger charge is -2.42. The monoisotopic (exact) mass is 625 g/mol. The van der Waals surface area contributed by atoms with Gasteiger partial charge in [-0.2, -0.15) is 12.6 Å². The maximum absolute atomic E-state index is 14.1. The van der Waals surface area contributed by atoms with E-state index < -0.39 is 16.6 Å². The topological polar surface area (TPSA) is 59.1 Å². The molecule has 5 rings (SSSR count). The van der Waals surface area contributed by atoms with E-state index >= 15 is 0 Å². The van der Waals surface area contributed by atoms with Crippen molar-refractivity contribution in [2.75, 3.05) is 18.0 Å². The van der Waals surface area contributed by atoms with Crippen LogP contribution in [0.3, 0.4) is 0 Å².